The summed E-state index contributed by atoms with van der Waals surface area (Å²) in [4.78, 5) is 16.3. The van der Waals surface area contributed by atoms with Crippen LogP contribution in [-0.2, 0) is 11.3 Å². The van der Waals surface area contributed by atoms with Gasteiger partial charge in [0.15, 0.2) is 0 Å². The molecule has 2 atom stereocenters. The van der Waals surface area contributed by atoms with Crippen molar-refractivity contribution in [1.29, 1.82) is 0 Å². The Bertz CT molecular complexity index is 580. The van der Waals surface area contributed by atoms with Crippen molar-refractivity contribution < 1.29 is 9.53 Å². The zero-order chi connectivity index (χ0) is 16.5. The van der Waals surface area contributed by atoms with Gasteiger partial charge in [0.25, 0.3) is 0 Å². The van der Waals surface area contributed by atoms with Gasteiger partial charge >= 0.3 is 0 Å². The standard InChI is InChI=1S/C20H28N2O2/c1-21-19-10-11-22(14-16(19)12-20(21)23)13-15-6-8-18(9-7-15)24-17-4-2-3-5-17/h6-9,16-17,19H,2-5,10-14H2,1H3/t16-,19+/m1/s1. The van der Waals surface area contributed by atoms with Crippen molar-refractivity contribution >= 4 is 5.91 Å². The van der Waals surface area contributed by atoms with Crippen molar-refractivity contribution in [2.24, 2.45) is 5.92 Å². The van der Waals surface area contributed by atoms with Crippen LogP contribution >= 0.6 is 0 Å². The topological polar surface area (TPSA) is 32.8 Å². The molecule has 3 fully saturated rings. The molecule has 4 nitrogen and oxygen atoms in total. The van der Waals surface area contributed by atoms with E-state index in [-0.39, 0.29) is 0 Å². The quantitative estimate of drug-likeness (QED) is 0.851. The highest BCUT2D eigenvalue weighted by molar-refractivity contribution is 5.79. The van der Waals surface area contributed by atoms with Crippen molar-refractivity contribution in [1.82, 2.24) is 9.80 Å². The van der Waals surface area contributed by atoms with E-state index in [0.29, 0.717) is 24.0 Å². The summed E-state index contributed by atoms with van der Waals surface area (Å²) < 4.78 is 6.04. The SMILES string of the molecule is CN1C(=O)C[C@@H]2CN(Cc3ccc(OC4CCCC4)cc3)CC[C@@H]21. The lowest BCUT2D eigenvalue weighted by Gasteiger charge is -2.36. The first kappa shape index (κ1) is 15.9. The van der Waals surface area contributed by atoms with E-state index in [4.69, 9.17) is 4.74 Å². The first-order valence-electron chi connectivity index (χ1n) is 9.42. The summed E-state index contributed by atoms with van der Waals surface area (Å²) in [5.41, 5.74) is 1.34. The van der Waals surface area contributed by atoms with Crippen LogP contribution in [0.1, 0.15) is 44.1 Å². The number of fused-ring (bicyclic) bond motifs is 1. The number of hydrogen-bond acceptors (Lipinski definition) is 3. The first-order chi connectivity index (χ1) is 11.7. The second-order valence-electron chi connectivity index (χ2n) is 7.73. The third-order valence-corrected chi connectivity index (χ3v) is 6.04. The molecule has 24 heavy (non-hydrogen) atoms. The van der Waals surface area contributed by atoms with E-state index in [1.807, 2.05) is 11.9 Å². The highest BCUT2D eigenvalue weighted by Crippen LogP contribution is 2.32. The van der Waals surface area contributed by atoms with Gasteiger partial charge in [-0.05, 0) is 49.8 Å². The van der Waals surface area contributed by atoms with Crippen molar-refractivity contribution in [2.75, 3.05) is 20.1 Å². The molecule has 0 N–H and O–H groups in total. The van der Waals surface area contributed by atoms with Gasteiger partial charge in [0.05, 0.1) is 6.10 Å². The molecule has 2 aliphatic heterocycles. The van der Waals surface area contributed by atoms with E-state index in [9.17, 15) is 4.79 Å². The molecule has 130 valence electrons. The number of hydrogen-bond donors (Lipinski definition) is 0. The monoisotopic (exact) mass is 328 g/mol. The molecule has 0 bridgehead atoms. The van der Waals surface area contributed by atoms with E-state index in [1.165, 1.54) is 31.2 Å². The summed E-state index contributed by atoms with van der Waals surface area (Å²) in [5, 5.41) is 0. The van der Waals surface area contributed by atoms with Gasteiger partial charge in [-0.3, -0.25) is 9.69 Å². The molecule has 4 rings (SSSR count). The molecular weight excluding hydrogens is 300 g/mol. The maximum Gasteiger partial charge on any atom is 0.222 e. The molecule has 3 aliphatic rings. The number of ether oxygens (including phenoxy) is 1. The Morgan fingerprint density at radius 2 is 1.88 bits per heavy atom. The van der Waals surface area contributed by atoms with Crippen LogP contribution in [0.5, 0.6) is 5.75 Å². The number of carbonyl (C=O) groups is 1. The molecule has 0 spiro atoms. The summed E-state index contributed by atoms with van der Waals surface area (Å²) >= 11 is 0. The minimum absolute atomic E-state index is 0.320. The molecule has 0 radical (unpaired) electrons. The zero-order valence-electron chi connectivity index (χ0n) is 14.6. The minimum Gasteiger partial charge on any atom is -0.490 e. The predicted octanol–water partition coefficient (Wildman–Crippen LogP) is 3.06. The number of carbonyl (C=O) groups excluding carboxylic acids is 1. The Balaban J connectivity index is 1.32. The van der Waals surface area contributed by atoms with Gasteiger partial charge < -0.3 is 9.64 Å². The largest absolute Gasteiger partial charge is 0.490 e. The fourth-order valence-electron chi connectivity index (χ4n) is 4.63. The molecule has 0 unspecified atom stereocenters. The van der Waals surface area contributed by atoms with Crippen LogP contribution in [0.25, 0.3) is 0 Å². The van der Waals surface area contributed by atoms with E-state index in [0.717, 1.165) is 38.2 Å². The molecule has 0 aromatic heterocycles. The maximum atomic E-state index is 11.9. The number of nitrogens with zero attached hydrogens (tertiary/aromatic N) is 2. The molecule has 1 amide bonds. The Hall–Kier alpha value is -1.55. The van der Waals surface area contributed by atoms with Crippen LogP contribution in [-0.4, -0.2) is 48.0 Å². The van der Waals surface area contributed by atoms with Gasteiger partial charge in [-0.25, -0.2) is 0 Å². The summed E-state index contributed by atoms with van der Waals surface area (Å²) in [6, 6.07) is 9.10. The molecule has 1 aromatic carbocycles. The van der Waals surface area contributed by atoms with Crippen LogP contribution in [0, 0.1) is 5.92 Å². The number of piperidine rings is 1. The van der Waals surface area contributed by atoms with Gasteiger partial charge in [-0.2, -0.15) is 0 Å². The maximum absolute atomic E-state index is 11.9. The fourth-order valence-corrected chi connectivity index (χ4v) is 4.63. The summed E-state index contributed by atoms with van der Waals surface area (Å²) in [6.45, 7) is 3.10. The van der Waals surface area contributed by atoms with Crippen molar-refractivity contribution in [2.45, 2.75) is 57.2 Å². The molecule has 4 heteroatoms. The molecule has 1 saturated carbocycles. The third-order valence-electron chi connectivity index (χ3n) is 6.04. The highest BCUT2D eigenvalue weighted by atomic mass is 16.5. The summed E-state index contributed by atoms with van der Waals surface area (Å²) in [5.74, 6) is 1.84. The van der Waals surface area contributed by atoms with Crippen LogP contribution in [0.2, 0.25) is 0 Å². The highest BCUT2D eigenvalue weighted by Gasteiger charge is 2.40. The molecule has 1 aromatic rings. The number of amides is 1. The smallest absolute Gasteiger partial charge is 0.222 e. The summed E-state index contributed by atoms with van der Waals surface area (Å²) in [7, 11) is 1.96. The first-order valence-corrected chi connectivity index (χ1v) is 9.42. The van der Waals surface area contributed by atoms with E-state index < -0.39 is 0 Å². The van der Waals surface area contributed by atoms with Crippen LogP contribution < -0.4 is 4.74 Å². The van der Waals surface area contributed by atoms with Gasteiger partial charge in [-0.1, -0.05) is 12.1 Å². The van der Waals surface area contributed by atoms with Gasteiger partial charge in [-0.15, -0.1) is 0 Å². The van der Waals surface area contributed by atoms with Gasteiger partial charge in [0.1, 0.15) is 5.75 Å². The lowest BCUT2D eigenvalue weighted by molar-refractivity contribution is -0.127. The number of benzene rings is 1. The fraction of sp³-hybridized carbons (Fsp3) is 0.650. The normalized spacial score (nSPS) is 28.4. The molecular formula is C20H28N2O2. The Labute approximate surface area is 144 Å². The van der Waals surface area contributed by atoms with Crippen molar-refractivity contribution in [3.8, 4) is 5.75 Å². The zero-order valence-corrected chi connectivity index (χ0v) is 14.6. The van der Waals surface area contributed by atoms with Gasteiger partial charge in [0, 0.05) is 45.1 Å². The van der Waals surface area contributed by atoms with Crippen LogP contribution in [0.3, 0.4) is 0 Å². The van der Waals surface area contributed by atoms with Crippen LogP contribution in [0.15, 0.2) is 24.3 Å². The Kier molecular flexibility index (Phi) is 4.49. The van der Waals surface area contributed by atoms with E-state index >= 15 is 0 Å². The van der Waals surface area contributed by atoms with E-state index in [1.54, 1.807) is 0 Å². The Morgan fingerprint density at radius 3 is 2.62 bits per heavy atom. The van der Waals surface area contributed by atoms with Gasteiger partial charge in [0.2, 0.25) is 5.91 Å². The van der Waals surface area contributed by atoms with Crippen molar-refractivity contribution in [3.63, 3.8) is 0 Å². The van der Waals surface area contributed by atoms with E-state index in [2.05, 4.69) is 29.2 Å². The number of likely N-dealkylation sites (tertiary alicyclic amines) is 2. The van der Waals surface area contributed by atoms with Crippen LogP contribution in [0.4, 0.5) is 0 Å². The molecule has 1 aliphatic carbocycles. The number of rotatable bonds is 4. The average molecular weight is 328 g/mol. The molecule has 2 saturated heterocycles. The third kappa shape index (κ3) is 3.30. The average Bonchev–Trinajstić information content (AvgIpc) is 3.18. The molecule has 2 heterocycles. The second kappa shape index (κ2) is 6.75. The lowest BCUT2D eigenvalue weighted by Crippen LogP contribution is -2.44. The second-order valence-corrected chi connectivity index (χ2v) is 7.73. The Morgan fingerprint density at radius 1 is 1.12 bits per heavy atom. The van der Waals surface area contributed by atoms with Crippen molar-refractivity contribution in [3.05, 3.63) is 29.8 Å². The lowest BCUT2D eigenvalue weighted by atomic mass is 9.92. The summed E-state index contributed by atoms with van der Waals surface area (Å²) in [6.07, 6.45) is 7.26. The predicted molar refractivity (Wildman–Crippen MR) is 93.9 cm³/mol. The minimum atomic E-state index is 0.320.